The first kappa shape index (κ1) is 88.3. The molecular weight excluding hydrogens is 1770 g/mol. The summed E-state index contributed by atoms with van der Waals surface area (Å²) in [5.74, 6) is 2.14. The van der Waals surface area contributed by atoms with E-state index < -0.39 is 0 Å². The van der Waals surface area contributed by atoms with Gasteiger partial charge in [0.25, 0.3) is 0 Å². The van der Waals surface area contributed by atoms with Gasteiger partial charge in [0.2, 0.25) is 0 Å². The molecule has 21 aromatic carbocycles. The molecule has 0 fully saturated rings. The summed E-state index contributed by atoms with van der Waals surface area (Å²) in [6, 6.07) is 186. The normalized spacial score (nSPS) is 11.8. The maximum absolute atomic E-state index is 5.27. The van der Waals surface area contributed by atoms with E-state index in [1.54, 1.807) is 0 Å². The molecule has 5 heterocycles. The summed E-state index contributed by atoms with van der Waals surface area (Å²) >= 11 is 0. The number of hydrogen-bond acceptors (Lipinski definition) is 7. The van der Waals surface area contributed by atoms with Gasteiger partial charge in [-0.3, -0.25) is 4.98 Å². The van der Waals surface area contributed by atoms with Gasteiger partial charge >= 0.3 is 0 Å². The summed E-state index contributed by atoms with van der Waals surface area (Å²) in [5, 5.41) is 10.5. The Bertz CT molecular complexity index is 9410. The van der Waals surface area contributed by atoms with Crippen LogP contribution in [0.5, 0.6) is 0 Å². The zero-order valence-corrected chi connectivity index (χ0v) is 80.4. The molecule has 8 nitrogen and oxygen atoms in total. The van der Waals surface area contributed by atoms with Crippen LogP contribution in [0.3, 0.4) is 0 Å². The van der Waals surface area contributed by atoms with E-state index in [0.717, 1.165) is 150 Å². The molecule has 0 aliphatic heterocycles. The van der Waals surface area contributed by atoms with Crippen molar-refractivity contribution in [3.8, 4) is 185 Å². The first-order valence-corrected chi connectivity index (χ1v) is 49.7. The van der Waals surface area contributed by atoms with Crippen LogP contribution in [0, 0.1) is 0 Å². The molecule has 1 aliphatic carbocycles. The summed E-state index contributed by atoms with van der Waals surface area (Å²) < 4.78 is 2.37. The third-order valence-electron chi connectivity index (χ3n) is 28.5. The monoisotopic (exact) mass is 1860 g/mol. The van der Waals surface area contributed by atoms with Crippen LogP contribution in [-0.4, -0.2) is 39.5 Å². The molecule has 0 saturated heterocycles. The standard InChI is InChI=1S/C50H33N3.C47H34N2.C41H27N3/c1-3-13-34(14-4-1)35-25-27-37(28-26-35)46-33-47(52-50(51-46)45-23-12-16-36-15-7-8-21-42(36)45)40-18-11-17-38(31-40)39-29-30-44-43-22-9-10-24-48(43)53(49(44)32-39)41-19-5-2-6-20-41;1-47(2)42-24-9-8-20-39(42)40-22-12-21-38(45(40)47)35-17-10-18-36(29-35)44-30-43(34-27-25-32(26-28-34)31-13-4-3-5-14-31)48-46(49-44)41-23-11-16-33-15-6-7-19-37(33)41;1-2-10-28(11-3-1)29-21-23-31(24-22-29)38-27-39(44-41(43-38)37-20-7-13-30-12-4-5-18-35(30)37)34-16-6-15-33(26-34)36-19-8-14-32-17-9-25-42-40(32)36/h1-33H;3-30H,1-2H3;1-27H. The number of aromatic nitrogens is 8. The van der Waals surface area contributed by atoms with Gasteiger partial charge in [-0.25, -0.2) is 29.9 Å². The summed E-state index contributed by atoms with van der Waals surface area (Å²) in [5.41, 5.74) is 38.6. The highest BCUT2D eigenvalue weighted by molar-refractivity contribution is 6.11. The second-order valence-electron chi connectivity index (χ2n) is 37.7. The minimum Gasteiger partial charge on any atom is -0.309 e. The molecule has 0 unspecified atom stereocenters. The van der Waals surface area contributed by atoms with Crippen molar-refractivity contribution >= 4 is 65.0 Å². The molecule has 27 rings (SSSR count). The molecule has 0 amide bonds. The fourth-order valence-corrected chi connectivity index (χ4v) is 21.2. The Kier molecular flexibility index (Phi) is 23.3. The van der Waals surface area contributed by atoms with Crippen molar-refractivity contribution < 1.29 is 0 Å². The van der Waals surface area contributed by atoms with E-state index in [1.807, 2.05) is 24.4 Å². The van der Waals surface area contributed by atoms with Crippen LogP contribution in [0.4, 0.5) is 0 Å². The second kappa shape index (κ2) is 38.5. The molecule has 0 saturated carbocycles. The van der Waals surface area contributed by atoms with Gasteiger partial charge in [-0.1, -0.05) is 475 Å². The van der Waals surface area contributed by atoms with Crippen LogP contribution in [0.25, 0.3) is 250 Å². The number of rotatable bonds is 16. The predicted octanol–water partition coefficient (Wildman–Crippen LogP) is 35.8. The summed E-state index contributed by atoms with van der Waals surface area (Å²) in [6.07, 6.45) is 1.85. The van der Waals surface area contributed by atoms with Crippen LogP contribution in [-0.2, 0) is 5.41 Å². The number of para-hydroxylation sites is 3. The summed E-state index contributed by atoms with van der Waals surface area (Å²) in [6.45, 7) is 4.70. The van der Waals surface area contributed by atoms with Crippen molar-refractivity contribution in [2.24, 2.45) is 0 Å². The molecule has 8 heteroatoms. The Morgan fingerprint density at radius 1 is 0.178 bits per heavy atom. The molecule has 0 atom stereocenters. The van der Waals surface area contributed by atoms with Crippen molar-refractivity contribution in [3.63, 3.8) is 0 Å². The minimum atomic E-state index is -0.103. The van der Waals surface area contributed by atoms with Crippen molar-refractivity contribution in [2.45, 2.75) is 19.3 Å². The number of hydrogen-bond donors (Lipinski definition) is 0. The van der Waals surface area contributed by atoms with Crippen LogP contribution in [0.2, 0.25) is 0 Å². The molecule has 146 heavy (non-hydrogen) atoms. The van der Waals surface area contributed by atoms with E-state index in [1.165, 1.54) is 99.3 Å². The van der Waals surface area contributed by atoms with Gasteiger partial charge < -0.3 is 4.57 Å². The van der Waals surface area contributed by atoms with Gasteiger partial charge in [0, 0.05) is 89.1 Å². The number of nitrogens with zero attached hydrogens (tertiary/aromatic N) is 8. The van der Waals surface area contributed by atoms with Gasteiger partial charge in [0.05, 0.1) is 50.7 Å². The quantitative estimate of drug-likeness (QED) is 0.0951. The lowest BCUT2D eigenvalue weighted by Crippen LogP contribution is -2.16. The largest absolute Gasteiger partial charge is 0.309 e. The molecule has 1 aliphatic rings. The molecular formula is C138H94N8. The Hall–Kier alpha value is -19.2. The molecule has 0 bridgehead atoms. The van der Waals surface area contributed by atoms with Gasteiger partial charge in [-0.15, -0.1) is 0 Å². The summed E-state index contributed by atoms with van der Waals surface area (Å²) in [7, 11) is 0. The minimum absolute atomic E-state index is 0.103. The Morgan fingerprint density at radius 2 is 0.473 bits per heavy atom. The van der Waals surface area contributed by atoms with Gasteiger partial charge in [-0.05, 0) is 182 Å². The topological polar surface area (TPSA) is 95.2 Å². The highest BCUT2D eigenvalue weighted by atomic mass is 15.0. The van der Waals surface area contributed by atoms with Crippen molar-refractivity contribution in [2.75, 3.05) is 0 Å². The smallest absolute Gasteiger partial charge is 0.161 e. The highest BCUT2D eigenvalue weighted by Crippen LogP contribution is 2.53. The first-order chi connectivity index (χ1) is 72.1. The van der Waals surface area contributed by atoms with Crippen LogP contribution < -0.4 is 0 Å². The van der Waals surface area contributed by atoms with E-state index in [4.69, 9.17) is 34.9 Å². The second-order valence-corrected chi connectivity index (χ2v) is 37.7. The average molecular weight is 1860 g/mol. The number of benzene rings is 21. The lowest BCUT2D eigenvalue weighted by atomic mass is 9.78. The fraction of sp³-hybridized carbons (Fsp3) is 0.0217. The molecule has 5 aromatic heterocycles. The third kappa shape index (κ3) is 17.2. The maximum Gasteiger partial charge on any atom is 0.161 e. The third-order valence-corrected chi connectivity index (χ3v) is 28.5. The Morgan fingerprint density at radius 3 is 0.952 bits per heavy atom. The molecule has 0 radical (unpaired) electrons. The van der Waals surface area contributed by atoms with Crippen LogP contribution in [0.1, 0.15) is 25.0 Å². The Labute approximate surface area is 848 Å². The summed E-state index contributed by atoms with van der Waals surface area (Å²) in [4.78, 5) is 36.0. The van der Waals surface area contributed by atoms with Gasteiger partial charge in [0.15, 0.2) is 17.5 Å². The van der Waals surface area contributed by atoms with E-state index in [-0.39, 0.29) is 5.41 Å². The lowest BCUT2D eigenvalue weighted by molar-refractivity contribution is 0.662. The highest BCUT2D eigenvalue weighted by Gasteiger charge is 2.38. The van der Waals surface area contributed by atoms with Gasteiger partial charge in [0.1, 0.15) is 0 Å². The van der Waals surface area contributed by atoms with Crippen molar-refractivity contribution in [3.05, 3.63) is 545 Å². The van der Waals surface area contributed by atoms with E-state index in [2.05, 4.69) is 528 Å². The fourth-order valence-electron chi connectivity index (χ4n) is 21.2. The number of fused-ring (bicyclic) bond motifs is 10. The van der Waals surface area contributed by atoms with Crippen molar-refractivity contribution in [1.29, 1.82) is 0 Å². The SMILES string of the molecule is CC1(C)c2ccccc2-c2cccc(-c3cccc(-c4cc(-c5ccc(-c6ccccc6)cc5)nc(-c5cccc6ccccc56)n4)c3)c21.c1ccc(-c2ccc(-c3cc(-c4cccc(-c5ccc6c7ccccc7n(-c7ccccc7)c6c5)c4)nc(-c4cccc5ccccc45)n3)cc2)cc1.c1ccc(-c2ccc(-c3cc(-c4cccc(-c5cccc6cccnc56)c4)nc(-c4cccc5ccccc45)n3)cc2)cc1. The van der Waals surface area contributed by atoms with E-state index in [9.17, 15) is 0 Å². The first-order valence-electron chi connectivity index (χ1n) is 49.7. The van der Waals surface area contributed by atoms with E-state index in [0.29, 0.717) is 11.6 Å². The van der Waals surface area contributed by atoms with Crippen LogP contribution >= 0.6 is 0 Å². The lowest BCUT2D eigenvalue weighted by Gasteiger charge is -2.24. The van der Waals surface area contributed by atoms with E-state index >= 15 is 0 Å². The molecule has 26 aromatic rings. The Balaban J connectivity index is 0.000000115. The molecule has 0 spiro atoms. The maximum atomic E-state index is 5.27. The molecule has 0 N–H and O–H groups in total. The van der Waals surface area contributed by atoms with Gasteiger partial charge in [-0.2, -0.15) is 0 Å². The number of pyridine rings is 1. The zero-order chi connectivity index (χ0) is 97.4. The average Bonchev–Trinajstić information content (AvgIpc) is 1.57. The predicted molar refractivity (Wildman–Crippen MR) is 607 cm³/mol. The van der Waals surface area contributed by atoms with Crippen molar-refractivity contribution in [1.82, 2.24) is 39.5 Å². The molecule has 686 valence electrons. The van der Waals surface area contributed by atoms with Crippen LogP contribution in [0.15, 0.2) is 534 Å². The zero-order valence-electron chi connectivity index (χ0n) is 80.4.